The van der Waals surface area contributed by atoms with Gasteiger partial charge in [-0.1, -0.05) is 30.4 Å². The Morgan fingerprint density at radius 3 is 2.87 bits per heavy atom. The first kappa shape index (κ1) is 14.0. The highest BCUT2D eigenvalue weighted by Crippen LogP contribution is 2.49. The summed E-state index contributed by atoms with van der Waals surface area (Å²) in [5.41, 5.74) is 2.97. The fourth-order valence-electron chi connectivity index (χ4n) is 3.75. The number of halogens is 1. The highest BCUT2D eigenvalue weighted by Gasteiger charge is 2.37. The molecule has 23 heavy (non-hydrogen) atoms. The smallest absolute Gasteiger partial charge is 0.123 e. The second-order valence-electron chi connectivity index (χ2n) is 6.12. The molecule has 0 spiro atoms. The molecule has 3 nitrogen and oxygen atoms in total. The Kier molecular flexibility index (Phi) is 3.18. The molecule has 2 aromatic carbocycles. The van der Waals surface area contributed by atoms with Gasteiger partial charge in [-0.25, -0.2) is 4.39 Å². The molecule has 0 fully saturated rings. The average molecular weight is 308 g/mol. The number of anilines is 1. The Morgan fingerprint density at radius 2 is 2.09 bits per heavy atom. The van der Waals surface area contributed by atoms with E-state index in [1.807, 2.05) is 6.07 Å². The summed E-state index contributed by atoms with van der Waals surface area (Å²) < 4.78 is 13.6. The molecule has 0 amide bonds. The van der Waals surface area contributed by atoms with Gasteiger partial charge < -0.3 is 15.2 Å². The van der Waals surface area contributed by atoms with Crippen LogP contribution in [0, 0.1) is 11.7 Å². The number of carbonyl (C=O) groups is 1. The minimum Gasteiger partial charge on any atom is -0.545 e. The third kappa shape index (κ3) is 2.31. The molecule has 4 heteroatoms. The standard InChI is InChI=1S/C19H16FNO2/c20-13-4-1-3-11(9-13)18-15-6-2-5-14(15)16-10-12(19(22)23)7-8-17(16)21-18/h1-5,7-10,14-15,18,21H,6H2,(H,22,23)/p-1/t14-,15+,18-/m0/s1. The van der Waals surface area contributed by atoms with Gasteiger partial charge in [0.25, 0.3) is 0 Å². The first-order chi connectivity index (χ1) is 11.1. The lowest BCUT2D eigenvalue weighted by Gasteiger charge is -2.37. The van der Waals surface area contributed by atoms with Crippen molar-refractivity contribution in [3.8, 4) is 0 Å². The third-order valence-corrected chi connectivity index (χ3v) is 4.81. The van der Waals surface area contributed by atoms with E-state index in [0.717, 1.165) is 23.2 Å². The second-order valence-corrected chi connectivity index (χ2v) is 6.12. The van der Waals surface area contributed by atoms with E-state index < -0.39 is 5.97 Å². The zero-order chi connectivity index (χ0) is 16.0. The van der Waals surface area contributed by atoms with Crippen molar-refractivity contribution in [2.45, 2.75) is 18.4 Å². The lowest BCUT2D eigenvalue weighted by atomic mass is 9.76. The number of carbonyl (C=O) groups excluding carboxylic acids is 1. The minimum atomic E-state index is -1.17. The van der Waals surface area contributed by atoms with Crippen LogP contribution in [0.3, 0.4) is 0 Å². The van der Waals surface area contributed by atoms with Crippen LogP contribution in [0.4, 0.5) is 10.1 Å². The highest BCUT2D eigenvalue weighted by molar-refractivity contribution is 5.87. The maximum atomic E-state index is 13.6. The van der Waals surface area contributed by atoms with Crippen LogP contribution in [0.2, 0.25) is 0 Å². The molecule has 1 N–H and O–H groups in total. The molecule has 0 bridgehead atoms. The summed E-state index contributed by atoms with van der Waals surface area (Å²) in [5, 5.41) is 14.6. The number of benzene rings is 2. The molecular formula is C19H15FNO2-. The van der Waals surface area contributed by atoms with Gasteiger partial charge in [-0.05, 0) is 53.3 Å². The molecule has 2 aliphatic rings. The number of carboxylic acids is 1. The van der Waals surface area contributed by atoms with Crippen LogP contribution in [0.15, 0.2) is 54.6 Å². The number of allylic oxidation sites excluding steroid dienone is 2. The van der Waals surface area contributed by atoms with Gasteiger partial charge in [0.2, 0.25) is 0 Å². The minimum absolute atomic E-state index is 0.00648. The molecule has 4 rings (SSSR count). The van der Waals surface area contributed by atoms with E-state index >= 15 is 0 Å². The molecule has 1 heterocycles. The number of hydrogen-bond acceptors (Lipinski definition) is 3. The SMILES string of the molecule is O=C([O-])c1ccc2c(c1)[C@H]1C=CC[C@H]1[C@H](c1cccc(F)c1)N2. The van der Waals surface area contributed by atoms with E-state index in [2.05, 4.69) is 17.5 Å². The van der Waals surface area contributed by atoms with Gasteiger partial charge >= 0.3 is 0 Å². The molecule has 0 saturated carbocycles. The molecule has 0 aromatic heterocycles. The van der Waals surface area contributed by atoms with Crippen molar-refractivity contribution in [3.05, 3.63) is 77.1 Å². The average Bonchev–Trinajstić information content (AvgIpc) is 3.03. The van der Waals surface area contributed by atoms with Crippen LogP contribution in [-0.2, 0) is 0 Å². The molecule has 0 unspecified atom stereocenters. The van der Waals surface area contributed by atoms with Crippen molar-refractivity contribution < 1.29 is 14.3 Å². The quantitative estimate of drug-likeness (QED) is 0.868. The van der Waals surface area contributed by atoms with Crippen molar-refractivity contribution >= 4 is 11.7 Å². The lowest BCUT2D eigenvalue weighted by Crippen LogP contribution is -2.30. The van der Waals surface area contributed by atoms with Crippen molar-refractivity contribution in [1.29, 1.82) is 0 Å². The number of aromatic carboxylic acids is 1. The Bertz CT molecular complexity index is 815. The van der Waals surface area contributed by atoms with Gasteiger partial charge in [-0.2, -0.15) is 0 Å². The maximum Gasteiger partial charge on any atom is 0.123 e. The number of nitrogens with one attached hydrogen (secondary N) is 1. The van der Waals surface area contributed by atoms with Gasteiger partial charge in [0, 0.05) is 11.6 Å². The Morgan fingerprint density at radius 1 is 1.22 bits per heavy atom. The predicted octanol–water partition coefficient (Wildman–Crippen LogP) is 3.02. The van der Waals surface area contributed by atoms with Gasteiger partial charge in [0.15, 0.2) is 0 Å². The third-order valence-electron chi connectivity index (χ3n) is 4.81. The van der Waals surface area contributed by atoms with Crippen LogP contribution in [0.25, 0.3) is 0 Å². The fourth-order valence-corrected chi connectivity index (χ4v) is 3.75. The summed E-state index contributed by atoms with van der Waals surface area (Å²) >= 11 is 0. The van der Waals surface area contributed by atoms with Crippen molar-refractivity contribution in [2.24, 2.45) is 5.92 Å². The normalized spacial score (nSPS) is 24.7. The van der Waals surface area contributed by atoms with Crippen molar-refractivity contribution in [2.75, 3.05) is 5.32 Å². The molecule has 0 saturated heterocycles. The maximum absolute atomic E-state index is 13.6. The van der Waals surface area contributed by atoms with E-state index in [-0.39, 0.29) is 29.3 Å². The lowest BCUT2D eigenvalue weighted by molar-refractivity contribution is -0.255. The number of carboxylic acid groups (broad SMARTS) is 1. The van der Waals surface area contributed by atoms with Crippen LogP contribution in [0.1, 0.15) is 39.9 Å². The van der Waals surface area contributed by atoms with Gasteiger partial charge in [0.05, 0.1) is 12.0 Å². The number of fused-ring (bicyclic) bond motifs is 3. The molecule has 0 radical (unpaired) electrons. The fraction of sp³-hybridized carbons (Fsp3) is 0.211. The van der Waals surface area contributed by atoms with Gasteiger partial charge in [-0.3, -0.25) is 0 Å². The second kappa shape index (κ2) is 5.23. The summed E-state index contributed by atoms with van der Waals surface area (Å²) in [6.45, 7) is 0. The van der Waals surface area contributed by atoms with Crippen LogP contribution < -0.4 is 10.4 Å². The van der Waals surface area contributed by atoms with E-state index in [1.54, 1.807) is 30.3 Å². The molecule has 116 valence electrons. The summed E-state index contributed by atoms with van der Waals surface area (Å²) in [5.74, 6) is -1.02. The zero-order valence-corrected chi connectivity index (χ0v) is 12.3. The first-order valence-corrected chi connectivity index (χ1v) is 7.67. The Balaban J connectivity index is 1.79. The number of hydrogen-bond donors (Lipinski definition) is 1. The van der Waals surface area contributed by atoms with E-state index in [4.69, 9.17) is 0 Å². The van der Waals surface area contributed by atoms with Crippen molar-refractivity contribution in [3.63, 3.8) is 0 Å². The predicted molar refractivity (Wildman–Crippen MR) is 83.5 cm³/mol. The molecule has 1 aliphatic carbocycles. The number of rotatable bonds is 2. The summed E-state index contributed by atoms with van der Waals surface area (Å²) in [7, 11) is 0. The molecule has 1 aliphatic heterocycles. The van der Waals surface area contributed by atoms with E-state index in [0.29, 0.717) is 0 Å². The van der Waals surface area contributed by atoms with E-state index in [9.17, 15) is 14.3 Å². The summed E-state index contributed by atoms with van der Waals surface area (Å²) in [4.78, 5) is 11.1. The zero-order valence-electron chi connectivity index (χ0n) is 12.3. The van der Waals surface area contributed by atoms with Gasteiger partial charge in [-0.15, -0.1) is 0 Å². The van der Waals surface area contributed by atoms with Crippen LogP contribution in [-0.4, -0.2) is 5.97 Å². The highest BCUT2D eigenvalue weighted by atomic mass is 19.1. The van der Waals surface area contributed by atoms with E-state index in [1.165, 1.54) is 6.07 Å². The Labute approximate surface area is 133 Å². The first-order valence-electron chi connectivity index (χ1n) is 7.67. The van der Waals surface area contributed by atoms with Crippen LogP contribution in [0.5, 0.6) is 0 Å². The largest absolute Gasteiger partial charge is 0.545 e. The summed E-state index contributed by atoms with van der Waals surface area (Å²) in [6.07, 6.45) is 5.12. The van der Waals surface area contributed by atoms with Crippen LogP contribution >= 0.6 is 0 Å². The molecule has 2 aromatic rings. The molecular weight excluding hydrogens is 293 g/mol. The summed E-state index contributed by atoms with van der Waals surface area (Å²) in [6, 6.07) is 11.7. The molecule has 3 atom stereocenters. The van der Waals surface area contributed by atoms with Gasteiger partial charge in [0.1, 0.15) is 5.82 Å². The topological polar surface area (TPSA) is 52.2 Å². The monoisotopic (exact) mass is 308 g/mol. The van der Waals surface area contributed by atoms with Crippen molar-refractivity contribution in [1.82, 2.24) is 0 Å². The Hall–Kier alpha value is -2.62.